The van der Waals surface area contributed by atoms with Crippen LogP contribution < -0.4 is 15.4 Å². The van der Waals surface area contributed by atoms with Crippen LogP contribution in [-0.2, 0) is 16.1 Å². The average Bonchev–Trinajstić information content (AvgIpc) is 2.72. The summed E-state index contributed by atoms with van der Waals surface area (Å²) in [4.78, 5) is 20.9. The van der Waals surface area contributed by atoms with Crippen molar-refractivity contribution in [2.24, 2.45) is 10.9 Å². The number of pyridine rings is 1. The molecule has 0 saturated heterocycles. The summed E-state index contributed by atoms with van der Waals surface area (Å²) in [6, 6.07) is 4.21. The number of esters is 1. The molecule has 0 aromatic carbocycles. The molecular weight excluding hydrogens is 356 g/mol. The Kier molecular flexibility index (Phi) is 9.59. The highest BCUT2D eigenvalue weighted by Gasteiger charge is 2.27. The summed E-state index contributed by atoms with van der Waals surface area (Å²) in [6.07, 6.45) is 6.38. The number of ether oxygens (including phenoxy) is 2. The van der Waals surface area contributed by atoms with E-state index in [1.807, 2.05) is 25.3 Å². The average molecular weight is 391 g/mol. The first-order valence-electron chi connectivity index (χ1n) is 10.4. The fraction of sp³-hybridized carbons (Fsp3) is 0.667. The molecule has 7 heteroatoms. The van der Waals surface area contributed by atoms with Crippen molar-refractivity contribution in [3.63, 3.8) is 0 Å². The van der Waals surface area contributed by atoms with Crippen LogP contribution in [0.1, 0.15) is 58.4 Å². The van der Waals surface area contributed by atoms with Gasteiger partial charge in [-0.05, 0) is 51.5 Å². The number of hydrogen-bond acceptors (Lipinski definition) is 5. The molecular formula is C21H34N4O3. The van der Waals surface area contributed by atoms with Gasteiger partial charge in [0.1, 0.15) is 0 Å². The second-order valence-corrected chi connectivity index (χ2v) is 6.99. The van der Waals surface area contributed by atoms with Gasteiger partial charge in [-0.15, -0.1) is 0 Å². The summed E-state index contributed by atoms with van der Waals surface area (Å²) < 4.78 is 10.7. The first-order chi connectivity index (χ1) is 13.7. The third-order valence-corrected chi connectivity index (χ3v) is 4.70. The highest BCUT2D eigenvalue weighted by molar-refractivity contribution is 5.80. The number of guanidine groups is 1. The third kappa shape index (κ3) is 7.37. The molecule has 0 unspecified atom stereocenters. The predicted molar refractivity (Wildman–Crippen MR) is 110 cm³/mol. The van der Waals surface area contributed by atoms with Crippen molar-refractivity contribution in [3.8, 4) is 5.88 Å². The highest BCUT2D eigenvalue weighted by Crippen LogP contribution is 2.25. The molecule has 156 valence electrons. The van der Waals surface area contributed by atoms with Gasteiger partial charge >= 0.3 is 5.97 Å². The van der Waals surface area contributed by atoms with Gasteiger partial charge < -0.3 is 20.1 Å². The molecule has 0 radical (unpaired) electrons. The zero-order chi connectivity index (χ0) is 20.2. The second-order valence-electron chi connectivity index (χ2n) is 6.99. The Morgan fingerprint density at radius 1 is 1.21 bits per heavy atom. The fourth-order valence-electron chi connectivity index (χ4n) is 3.21. The van der Waals surface area contributed by atoms with E-state index in [1.165, 1.54) is 0 Å². The molecule has 28 heavy (non-hydrogen) atoms. The summed E-state index contributed by atoms with van der Waals surface area (Å²) in [5.74, 6) is 1.43. The molecule has 0 bridgehead atoms. The number of aliphatic imine (C=N–C) groups is 1. The van der Waals surface area contributed by atoms with Crippen LogP contribution >= 0.6 is 0 Å². The van der Waals surface area contributed by atoms with Gasteiger partial charge in [0, 0.05) is 24.8 Å². The molecule has 1 aromatic heterocycles. The number of carbonyl (C=O) groups is 1. The van der Waals surface area contributed by atoms with Crippen molar-refractivity contribution in [3.05, 3.63) is 23.9 Å². The minimum absolute atomic E-state index is 0.0389. The van der Waals surface area contributed by atoms with Gasteiger partial charge in [0.25, 0.3) is 0 Å². The van der Waals surface area contributed by atoms with Crippen LogP contribution in [-0.4, -0.2) is 42.7 Å². The number of carbonyl (C=O) groups excluding carboxylic acids is 1. The maximum Gasteiger partial charge on any atom is 0.308 e. The molecule has 0 amide bonds. The van der Waals surface area contributed by atoms with Crippen LogP contribution in [0.15, 0.2) is 23.3 Å². The topological polar surface area (TPSA) is 84.8 Å². The highest BCUT2D eigenvalue weighted by atomic mass is 16.5. The summed E-state index contributed by atoms with van der Waals surface area (Å²) in [5.41, 5.74) is 1.03. The SMILES string of the molecule is CCCOc1ccc(CN=C(NCC)NC2CCC(C(=O)OCC)CC2)cn1. The molecule has 1 aromatic rings. The Labute approximate surface area is 168 Å². The lowest BCUT2D eigenvalue weighted by Gasteiger charge is -2.29. The Bertz CT molecular complexity index is 611. The van der Waals surface area contributed by atoms with Crippen LogP contribution in [0.5, 0.6) is 5.88 Å². The number of nitrogens with one attached hydrogen (secondary N) is 2. The first kappa shape index (κ1) is 22.0. The quantitative estimate of drug-likeness (QED) is 0.383. The molecule has 1 fully saturated rings. The van der Waals surface area contributed by atoms with Gasteiger partial charge in [0.05, 0.1) is 25.7 Å². The van der Waals surface area contributed by atoms with E-state index in [9.17, 15) is 4.79 Å². The zero-order valence-electron chi connectivity index (χ0n) is 17.4. The van der Waals surface area contributed by atoms with Crippen LogP contribution in [0, 0.1) is 5.92 Å². The smallest absolute Gasteiger partial charge is 0.308 e. The van der Waals surface area contributed by atoms with E-state index in [0.29, 0.717) is 31.7 Å². The monoisotopic (exact) mass is 390 g/mol. The number of hydrogen-bond donors (Lipinski definition) is 2. The van der Waals surface area contributed by atoms with Crippen molar-refractivity contribution in [1.82, 2.24) is 15.6 Å². The Morgan fingerprint density at radius 3 is 2.61 bits per heavy atom. The van der Waals surface area contributed by atoms with Gasteiger partial charge in [0.15, 0.2) is 5.96 Å². The molecule has 1 heterocycles. The van der Waals surface area contributed by atoms with E-state index in [2.05, 4.69) is 34.5 Å². The van der Waals surface area contributed by atoms with Crippen LogP contribution in [0.3, 0.4) is 0 Å². The van der Waals surface area contributed by atoms with Gasteiger partial charge in [0.2, 0.25) is 5.88 Å². The van der Waals surface area contributed by atoms with Crippen LogP contribution in [0.25, 0.3) is 0 Å². The lowest BCUT2D eigenvalue weighted by molar-refractivity contribution is -0.149. The first-order valence-corrected chi connectivity index (χ1v) is 10.4. The minimum Gasteiger partial charge on any atom is -0.478 e. The molecule has 2 N–H and O–H groups in total. The Balaban J connectivity index is 1.84. The largest absolute Gasteiger partial charge is 0.478 e. The fourth-order valence-corrected chi connectivity index (χ4v) is 3.21. The van der Waals surface area contributed by atoms with Crippen molar-refractivity contribution in [2.45, 2.75) is 65.5 Å². The molecule has 7 nitrogen and oxygen atoms in total. The molecule has 1 aliphatic rings. The van der Waals surface area contributed by atoms with E-state index in [-0.39, 0.29) is 11.9 Å². The van der Waals surface area contributed by atoms with Gasteiger partial charge in [-0.1, -0.05) is 13.0 Å². The van der Waals surface area contributed by atoms with Crippen molar-refractivity contribution >= 4 is 11.9 Å². The molecule has 1 saturated carbocycles. The Hall–Kier alpha value is -2.31. The predicted octanol–water partition coefficient (Wildman–Crippen LogP) is 3.05. The standard InChI is InChI=1S/C21H34N4O3/c1-4-13-28-19-12-7-16(14-23-19)15-24-21(22-5-2)25-18-10-8-17(9-11-18)20(26)27-6-3/h7,12,14,17-18H,4-6,8-11,13,15H2,1-3H3,(H2,22,24,25). The summed E-state index contributed by atoms with van der Waals surface area (Å²) >= 11 is 0. The molecule has 0 spiro atoms. The lowest BCUT2D eigenvalue weighted by atomic mass is 9.86. The van der Waals surface area contributed by atoms with E-state index < -0.39 is 0 Å². The molecule has 0 atom stereocenters. The van der Waals surface area contributed by atoms with Crippen molar-refractivity contribution in [2.75, 3.05) is 19.8 Å². The molecule has 0 aliphatic heterocycles. The summed E-state index contributed by atoms with van der Waals surface area (Å²) in [5, 5.41) is 6.80. The van der Waals surface area contributed by atoms with Crippen LogP contribution in [0.2, 0.25) is 0 Å². The van der Waals surface area contributed by atoms with Crippen molar-refractivity contribution < 1.29 is 14.3 Å². The van der Waals surface area contributed by atoms with Gasteiger partial charge in [-0.3, -0.25) is 4.79 Å². The number of rotatable bonds is 9. The minimum atomic E-state index is -0.0552. The van der Waals surface area contributed by atoms with Gasteiger partial charge in [-0.25, -0.2) is 9.98 Å². The molecule has 1 aliphatic carbocycles. The van der Waals surface area contributed by atoms with E-state index in [1.54, 1.807) is 0 Å². The maximum atomic E-state index is 11.9. The van der Waals surface area contributed by atoms with Crippen molar-refractivity contribution in [1.29, 1.82) is 0 Å². The normalized spacial score (nSPS) is 19.8. The second kappa shape index (κ2) is 12.2. The van der Waals surface area contributed by atoms with E-state index >= 15 is 0 Å². The zero-order valence-corrected chi connectivity index (χ0v) is 17.4. The van der Waals surface area contributed by atoms with Crippen LogP contribution in [0.4, 0.5) is 0 Å². The summed E-state index contributed by atoms with van der Waals surface area (Å²) in [7, 11) is 0. The number of aromatic nitrogens is 1. The number of nitrogens with zero attached hydrogens (tertiary/aromatic N) is 2. The van der Waals surface area contributed by atoms with E-state index in [4.69, 9.17) is 9.47 Å². The molecule has 2 rings (SSSR count). The Morgan fingerprint density at radius 2 is 2.00 bits per heavy atom. The summed E-state index contributed by atoms with van der Waals surface area (Å²) in [6.45, 7) is 8.45. The van der Waals surface area contributed by atoms with E-state index in [0.717, 1.165) is 50.2 Å². The van der Waals surface area contributed by atoms with Gasteiger partial charge in [-0.2, -0.15) is 0 Å². The maximum absolute atomic E-state index is 11.9. The third-order valence-electron chi connectivity index (χ3n) is 4.70. The lowest BCUT2D eigenvalue weighted by Crippen LogP contribution is -2.45.